The Kier molecular flexibility index (Phi) is 4.80. The molecule has 1 aliphatic heterocycles. The molecule has 1 aromatic carbocycles. The van der Waals surface area contributed by atoms with Gasteiger partial charge in [0, 0.05) is 19.0 Å². The van der Waals surface area contributed by atoms with Crippen LogP contribution in [0.25, 0.3) is 26.6 Å². The molecule has 5 heterocycles. The molecule has 0 radical (unpaired) electrons. The van der Waals surface area contributed by atoms with E-state index in [0.29, 0.717) is 17.8 Å². The molecule has 0 saturated carbocycles. The van der Waals surface area contributed by atoms with Crippen molar-refractivity contribution in [3.8, 4) is 10.8 Å². The van der Waals surface area contributed by atoms with Crippen molar-refractivity contribution in [3.05, 3.63) is 65.2 Å². The maximum Gasteiger partial charge on any atom is 0.261 e. The summed E-state index contributed by atoms with van der Waals surface area (Å²) in [6.07, 6.45) is 5.28. The first-order chi connectivity index (χ1) is 15.8. The molecule has 0 bridgehead atoms. The van der Waals surface area contributed by atoms with Crippen molar-refractivity contribution < 1.29 is 4.42 Å². The molecule has 1 saturated heterocycles. The number of para-hydroxylation sites is 1. The Morgan fingerprint density at radius 2 is 1.94 bits per heavy atom. The van der Waals surface area contributed by atoms with Gasteiger partial charge in [-0.15, -0.1) is 15.3 Å². The van der Waals surface area contributed by atoms with Crippen LogP contribution in [-0.4, -0.2) is 53.9 Å². The van der Waals surface area contributed by atoms with Crippen LogP contribution < -0.4 is 5.56 Å². The van der Waals surface area contributed by atoms with E-state index in [-0.39, 0.29) is 5.56 Å². The summed E-state index contributed by atoms with van der Waals surface area (Å²) in [5, 5.41) is 14.9. The number of fused-ring (bicyclic) bond motifs is 2. The predicted octanol–water partition coefficient (Wildman–Crippen LogP) is 3.04. The highest BCUT2D eigenvalue weighted by Crippen LogP contribution is 2.31. The smallest absolute Gasteiger partial charge is 0.261 e. The molecule has 0 spiro atoms. The molecule has 1 aliphatic rings. The van der Waals surface area contributed by atoms with E-state index in [1.807, 2.05) is 40.9 Å². The van der Waals surface area contributed by atoms with Gasteiger partial charge in [-0.25, -0.2) is 4.98 Å². The number of rotatable bonds is 5. The Balaban J connectivity index is 1.12. The summed E-state index contributed by atoms with van der Waals surface area (Å²) in [6, 6.07) is 11.2. The van der Waals surface area contributed by atoms with E-state index >= 15 is 0 Å². The lowest BCUT2D eigenvalue weighted by Crippen LogP contribution is -2.37. The highest BCUT2D eigenvalue weighted by molar-refractivity contribution is 7.19. The molecule has 0 N–H and O–H groups in total. The van der Waals surface area contributed by atoms with Crippen LogP contribution in [0.2, 0.25) is 0 Å². The van der Waals surface area contributed by atoms with Gasteiger partial charge in [-0.2, -0.15) is 4.52 Å². The first-order valence-electron chi connectivity index (χ1n) is 10.7. The quantitative estimate of drug-likeness (QED) is 0.409. The third-order valence-electron chi connectivity index (χ3n) is 6.09. The zero-order valence-corrected chi connectivity index (χ0v) is 18.1. The molecule has 162 valence electrons. The van der Waals surface area contributed by atoms with E-state index in [4.69, 9.17) is 4.42 Å². The van der Waals surface area contributed by atoms with Gasteiger partial charge in [-0.1, -0.05) is 23.5 Å². The third kappa shape index (κ3) is 3.41. The average Bonchev–Trinajstić information content (AvgIpc) is 3.57. The molecule has 0 unspecified atom stereocenters. The number of piperidine rings is 1. The largest absolute Gasteiger partial charge is 0.462 e. The first-order valence-corrected chi connectivity index (χ1v) is 11.5. The number of benzene rings is 1. The monoisotopic (exact) mass is 447 g/mol. The number of aromatic nitrogens is 6. The van der Waals surface area contributed by atoms with Gasteiger partial charge in [0.2, 0.25) is 4.96 Å². The second kappa shape index (κ2) is 7.95. The van der Waals surface area contributed by atoms with Gasteiger partial charge in [0.15, 0.2) is 16.6 Å². The zero-order chi connectivity index (χ0) is 21.5. The topological polar surface area (TPSA) is 94.4 Å². The lowest BCUT2D eigenvalue weighted by Gasteiger charge is -2.30. The van der Waals surface area contributed by atoms with Crippen molar-refractivity contribution in [2.24, 2.45) is 0 Å². The van der Waals surface area contributed by atoms with Crippen molar-refractivity contribution >= 4 is 27.2 Å². The van der Waals surface area contributed by atoms with Gasteiger partial charge < -0.3 is 9.32 Å². The van der Waals surface area contributed by atoms with Crippen LogP contribution >= 0.6 is 11.3 Å². The summed E-state index contributed by atoms with van der Waals surface area (Å²) in [5.41, 5.74) is 0.763. The van der Waals surface area contributed by atoms with Gasteiger partial charge in [0.25, 0.3) is 5.56 Å². The molecule has 5 aromatic rings. The fourth-order valence-electron chi connectivity index (χ4n) is 4.32. The van der Waals surface area contributed by atoms with Crippen LogP contribution in [0, 0.1) is 0 Å². The van der Waals surface area contributed by atoms with Crippen molar-refractivity contribution in [1.82, 2.24) is 34.3 Å². The maximum atomic E-state index is 12.7. The third-order valence-corrected chi connectivity index (χ3v) is 7.00. The van der Waals surface area contributed by atoms with Crippen molar-refractivity contribution in [1.29, 1.82) is 0 Å². The second-order valence-electron chi connectivity index (χ2n) is 8.01. The van der Waals surface area contributed by atoms with E-state index in [1.54, 1.807) is 17.2 Å². The molecule has 0 amide bonds. The molecular weight excluding hydrogens is 426 g/mol. The standard InChI is InChI=1S/C22H21N7O2S/c30-21-16-4-1-2-5-17(16)23-14-28(21)12-11-27-9-7-15(8-10-27)19-24-25-22-29(19)26-20(32-22)18-6-3-13-31-18/h1-6,13-15H,7-12H2. The van der Waals surface area contributed by atoms with E-state index in [2.05, 4.69) is 25.2 Å². The summed E-state index contributed by atoms with van der Waals surface area (Å²) in [5.74, 6) is 1.99. The van der Waals surface area contributed by atoms with Gasteiger partial charge in [-0.3, -0.25) is 9.36 Å². The number of hydrogen-bond donors (Lipinski definition) is 0. The molecule has 1 fully saturated rings. The molecule has 6 rings (SSSR count). The first kappa shape index (κ1) is 19.3. The lowest BCUT2D eigenvalue weighted by molar-refractivity contribution is 0.201. The van der Waals surface area contributed by atoms with Gasteiger partial charge in [0.1, 0.15) is 0 Å². The van der Waals surface area contributed by atoms with Crippen LogP contribution in [0.15, 0.2) is 58.2 Å². The Morgan fingerprint density at radius 1 is 1.06 bits per heavy atom. The maximum absolute atomic E-state index is 12.7. The summed E-state index contributed by atoms with van der Waals surface area (Å²) < 4.78 is 9.04. The SMILES string of the molecule is O=c1c2ccccc2ncn1CCN1CCC(c2nnc3sc(-c4ccco4)nn23)CC1. The van der Waals surface area contributed by atoms with E-state index in [0.717, 1.165) is 59.5 Å². The molecule has 10 heteroatoms. The fourth-order valence-corrected chi connectivity index (χ4v) is 5.13. The number of nitrogens with zero attached hydrogens (tertiary/aromatic N) is 7. The summed E-state index contributed by atoms with van der Waals surface area (Å²) >= 11 is 1.48. The summed E-state index contributed by atoms with van der Waals surface area (Å²) in [7, 11) is 0. The number of furan rings is 1. The molecule has 0 atom stereocenters. The number of likely N-dealkylation sites (tertiary alicyclic amines) is 1. The molecule has 32 heavy (non-hydrogen) atoms. The van der Waals surface area contributed by atoms with Crippen molar-refractivity contribution in [2.45, 2.75) is 25.3 Å². The van der Waals surface area contributed by atoms with Gasteiger partial charge in [-0.05, 0) is 50.2 Å². The zero-order valence-electron chi connectivity index (χ0n) is 17.3. The van der Waals surface area contributed by atoms with E-state index in [9.17, 15) is 4.79 Å². The van der Waals surface area contributed by atoms with Crippen molar-refractivity contribution in [3.63, 3.8) is 0 Å². The Bertz CT molecular complexity index is 1430. The van der Waals surface area contributed by atoms with Gasteiger partial charge >= 0.3 is 0 Å². The van der Waals surface area contributed by atoms with Crippen LogP contribution in [0.1, 0.15) is 24.6 Å². The van der Waals surface area contributed by atoms with E-state index < -0.39 is 0 Å². The highest BCUT2D eigenvalue weighted by atomic mass is 32.1. The van der Waals surface area contributed by atoms with Crippen LogP contribution in [0.4, 0.5) is 0 Å². The lowest BCUT2D eigenvalue weighted by atomic mass is 9.96. The molecular formula is C22H21N7O2S. The van der Waals surface area contributed by atoms with Crippen LogP contribution in [0.5, 0.6) is 0 Å². The van der Waals surface area contributed by atoms with E-state index in [1.165, 1.54) is 11.3 Å². The minimum atomic E-state index is 0.0206. The van der Waals surface area contributed by atoms with Gasteiger partial charge in [0.05, 0.1) is 23.5 Å². The molecule has 9 nitrogen and oxygen atoms in total. The Hall–Kier alpha value is -3.37. The number of hydrogen-bond acceptors (Lipinski definition) is 8. The average molecular weight is 448 g/mol. The highest BCUT2D eigenvalue weighted by Gasteiger charge is 2.26. The Morgan fingerprint density at radius 3 is 2.78 bits per heavy atom. The normalized spacial score (nSPS) is 15.8. The predicted molar refractivity (Wildman–Crippen MR) is 121 cm³/mol. The minimum absolute atomic E-state index is 0.0206. The minimum Gasteiger partial charge on any atom is -0.462 e. The van der Waals surface area contributed by atoms with Crippen LogP contribution in [0.3, 0.4) is 0 Å². The molecule has 4 aromatic heterocycles. The second-order valence-corrected chi connectivity index (χ2v) is 8.97. The van der Waals surface area contributed by atoms with Crippen molar-refractivity contribution in [2.75, 3.05) is 19.6 Å². The fraction of sp³-hybridized carbons (Fsp3) is 0.318. The van der Waals surface area contributed by atoms with Crippen LogP contribution in [-0.2, 0) is 6.54 Å². The summed E-state index contributed by atoms with van der Waals surface area (Å²) in [4.78, 5) is 20.3. The molecule has 0 aliphatic carbocycles. The summed E-state index contributed by atoms with van der Waals surface area (Å²) in [6.45, 7) is 3.35. The Labute approximate surface area is 186 Å².